The number of rotatable bonds is 5. The number of nitrogens with zero attached hydrogens (tertiary/aromatic N) is 2. The molecule has 1 aromatic rings. The molecule has 0 aliphatic carbocycles. The van der Waals surface area contributed by atoms with Crippen molar-refractivity contribution in [3.63, 3.8) is 0 Å². The van der Waals surface area contributed by atoms with Crippen molar-refractivity contribution in [2.45, 2.75) is 6.18 Å². The zero-order valence-electron chi connectivity index (χ0n) is 10.9. The second-order valence-corrected chi connectivity index (χ2v) is 4.02. The number of anilines is 1. The zero-order valence-corrected chi connectivity index (χ0v) is 10.9. The van der Waals surface area contributed by atoms with Gasteiger partial charge in [-0.1, -0.05) is 6.07 Å². The molecule has 0 aliphatic rings. The minimum Gasteiger partial charge on any atom is -0.489 e. The maximum absolute atomic E-state index is 12.1. The lowest BCUT2D eigenvalue weighted by atomic mass is 10.2. The molecule has 0 atom stereocenters. The van der Waals surface area contributed by atoms with Gasteiger partial charge in [0.25, 0.3) is 5.69 Å². The lowest BCUT2D eigenvalue weighted by Gasteiger charge is -2.19. The number of ether oxygens (including phenoxy) is 1. The minimum absolute atomic E-state index is 0.0305. The van der Waals surface area contributed by atoms with Gasteiger partial charge in [-0.3, -0.25) is 14.9 Å². The van der Waals surface area contributed by atoms with Crippen LogP contribution >= 0.6 is 0 Å². The van der Waals surface area contributed by atoms with Crippen molar-refractivity contribution in [1.82, 2.24) is 4.90 Å². The number of benzene rings is 1. The van der Waals surface area contributed by atoms with Crippen molar-refractivity contribution in [1.29, 1.82) is 0 Å². The van der Waals surface area contributed by atoms with Crippen molar-refractivity contribution in [3.8, 4) is 5.75 Å². The normalized spacial score (nSPS) is 11.0. The Hall–Kier alpha value is -2.52. The first kappa shape index (κ1) is 16.5. The minimum atomic E-state index is -4.96. The number of halogens is 3. The van der Waals surface area contributed by atoms with Gasteiger partial charge in [0.1, 0.15) is 12.4 Å². The van der Waals surface area contributed by atoms with Gasteiger partial charge in [0.05, 0.1) is 11.5 Å². The summed E-state index contributed by atoms with van der Waals surface area (Å²) in [5, 5.41) is 10.6. The highest BCUT2D eigenvalue weighted by Gasteiger charge is 2.41. The third kappa shape index (κ3) is 4.23. The Kier molecular flexibility index (Phi) is 4.95. The zero-order chi connectivity index (χ0) is 16.2. The van der Waals surface area contributed by atoms with Crippen LogP contribution in [0.5, 0.6) is 5.75 Å². The maximum atomic E-state index is 12.1. The van der Waals surface area contributed by atoms with Crippen LogP contribution in [-0.4, -0.2) is 42.1 Å². The fraction of sp³-hybridized carbons (Fsp3) is 0.364. The topological polar surface area (TPSA) is 98.7 Å². The number of nitrogen functional groups attached to an aromatic ring is 1. The number of likely N-dealkylation sites (N-methyl/N-ethyl adjacent to an activating group) is 1. The van der Waals surface area contributed by atoms with Gasteiger partial charge in [-0.2, -0.15) is 13.2 Å². The largest absolute Gasteiger partial charge is 0.489 e. The van der Waals surface area contributed by atoms with E-state index < -0.39 is 17.0 Å². The number of para-hydroxylation sites is 1. The Bertz CT molecular complexity index is 548. The molecule has 0 aromatic heterocycles. The van der Waals surface area contributed by atoms with Gasteiger partial charge in [0, 0.05) is 13.1 Å². The molecule has 0 bridgehead atoms. The molecule has 0 radical (unpaired) electrons. The van der Waals surface area contributed by atoms with Crippen LogP contribution in [0.3, 0.4) is 0 Å². The summed E-state index contributed by atoms with van der Waals surface area (Å²) in [6.07, 6.45) is -4.96. The monoisotopic (exact) mass is 307 g/mol. The first-order valence-corrected chi connectivity index (χ1v) is 5.62. The summed E-state index contributed by atoms with van der Waals surface area (Å²) < 4.78 is 41.5. The van der Waals surface area contributed by atoms with Crippen LogP contribution in [0, 0.1) is 10.1 Å². The van der Waals surface area contributed by atoms with E-state index in [4.69, 9.17) is 10.5 Å². The van der Waals surface area contributed by atoms with Gasteiger partial charge in [-0.15, -0.1) is 0 Å². The fourth-order valence-corrected chi connectivity index (χ4v) is 1.43. The number of hydrogen-bond acceptors (Lipinski definition) is 5. The third-order valence-electron chi connectivity index (χ3n) is 2.51. The third-order valence-corrected chi connectivity index (χ3v) is 2.51. The Morgan fingerprint density at radius 2 is 2.10 bits per heavy atom. The van der Waals surface area contributed by atoms with Crippen LogP contribution in [0.25, 0.3) is 0 Å². The average Bonchev–Trinajstić information content (AvgIpc) is 2.38. The van der Waals surface area contributed by atoms with Gasteiger partial charge < -0.3 is 15.4 Å². The van der Waals surface area contributed by atoms with E-state index in [2.05, 4.69) is 0 Å². The van der Waals surface area contributed by atoms with Crippen LogP contribution in [0.1, 0.15) is 0 Å². The van der Waals surface area contributed by atoms with Crippen LogP contribution in [-0.2, 0) is 4.79 Å². The highest BCUT2D eigenvalue weighted by atomic mass is 19.4. The summed E-state index contributed by atoms with van der Waals surface area (Å²) in [6, 6.07) is 3.84. The van der Waals surface area contributed by atoms with E-state index in [9.17, 15) is 28.1 Å². The van der Waals surface area contributed by atoms with Crippen molar-refractivity contribution in [3.05, 3.63) is 28.3 Å². The number of nitro benzene ring substituents is 1. The lowest BCUT2D eigenvalue weighted by Crippen LogP contribution is -2.40. The summed E-state index contributed by atoms with van der Waals surface area (Å²) in [4.78, 5) is 21.2. The first-order chi connectivity index (χ1) is 9.64. The number of hydrogen-bond donors (Lipinski definition) is 1. The summed E-state index contributed by atoms with van der Waals surface area (Å²) in [5.41, 5.74) is 4.91. The fourth-order valence-electron chi connectivity index (χ4n) is 1.43. The molecule has 1 aromatic carbocycles. The van der Waals surface area contributed by atoms with E-state index in [1.165, 1.54) is 18.2 Å². The van der Waals surface area contributed by atoms with Gasteiger partial charge in [0.15, 0.2) is 5.69 Å². The molecule has 0 fully saturated rings. The first-order valence-electron chi connectivity index (χ1n) is 5.62. The van der Waals surface area contributed by atoms with Gasteiger partial charge in [-0.25, -0.2) is 0 Å². The van der Waals surface area contributed by atoms with E-state index >= 15 is 0 Å². The average molecular weight is 307 g/mol. The Morgan fingerprint density at radius 3 is 2.62 bits per heavy atom. The molecule has 21 heavy (non-hydrogen) atoms. The van der Waals surface area contributed by atoms with Crippen LogP contribution in [0.15, 0.2) is 18.2 Å². The second-order valence-electron chi connectivity index (χ2n) is 4.02. The molecule has 1 rings (SSSR count). The number of nitro groups is 1. The van der Waals surface area contributed by atoms with Gasteiger partial charge in [-0.05, 0) is 6.07 Å². The van der Waals surface area contributed by atoms with E-state index in [0.717, 1.165) is 7.05 Å². The van der Waals surface area contributed by atoms with Crippen molar-refractivity contribution in [2.75, 3.05) is 25.9 Å². The second kappa shape index (κ2) is 6.29. The summed E-state index contributed by atoms with van der Waals surface area (Å²) in [7, 11) is 0.968. The van der Waals surface area contributed by atoms with Gasteiger partial charge in [0.2, 0.25) is 0 Å². The van der Waals surface area contributed by atoms with Crippen LogP contribution in [0.4, 0.5) is 24.5 Å². The number of amides is 1. The predicted molar refractivity (Wildman–Crippen MR) is 66.7 cm³/mol. The molecule has 10 heteroatoms. The standard InChI is InChI=1S/C11H12F3N3O4/c1-16(10(18)11(12,13)14)5-6-21-8-4-2-3-7(9(8)15)17(19)20/h2-4H,5-6,15H2,1H3. The van der Waals surface area contributed by atoms with E-state index in [0.29, 0.717) is 4.90 Å². The molecule has 0 heterocycles. The molecule has 0 saturated heterocycles. The Morgan fingerprint density at radius 1 is 1.48 bits per heavy atom. The molecular formula is C11H12F3N3O4. The smallest absolute Gasteiger partial charge is 0.471 e. The summed E-state index contributed by atoms with van der Waals surface area (Å²) >= 11 is 0. The quantitative estimate of drug-likeness (QED) is 0.506. The number of nitrogens with two attached hydrogens (primary N) is 1. The van der Waals surface area contributed by atoms with E-state index in [1.807, 2.05) is 0 Å². The van der Waals surface area contributed by atoms with Gasteiger partial charge >= 0.3 is 12.1 Å². The molecular weight excluding hydrogens is 295 g/mol. The van der Waals surface area contributed by atoms with Crippen molar-refractivity contribution < 1.29 is 27.6 Å². The number of carbonyl (C=O) groups is 1. The van der Waals surface area contributed by atoms with Crippen molar-refractivity contribution in [2.24, 2.45) is 0 Å². The maximum Gasteiger partial charge on any atom is 0.471 e. The molecule has 1 amide bonds. The summed E-state index contributed by atoms with van der Waals surface area (Å²) in [5.74, 6) is -2.03. The Labute approximate surface area is 117 Å². The van der Waals surface area contributed by atoms with E-state index in [-0.39, 0.29) is 30.3 Å². The predicted octanol–water partition coefficient (Wildman–Crippen LogP) is 1.58. The molecule has 0 saturated carbocycles. The highest BCUT2D eigenvalue weighted by molar-refractivity contribution is 5.81. The van der Waals surface area contributed by atoms with Crippen LogP contribution < -0.4 is 10.5 Å². The molecule has 0 unspecified atom stereocenters. The SMILES string of the molecule is CN(CCOc1cccc([N+](=O)[O-])c1N)C(=O)C(F)(F)F. The molecule has 7 nitrogen and oxygen atoms in total. The van der Waals surface area contributed by atoms with E-state index in [1.54, 1.807) is 0 Å². The number of carbonyl (C=O) groups excluding carboxylic acids is 1. The summed E-state index contributed by atoms with van der Waals surface area (Å²) in [6.45, 7) is -0.635. The molecule has 116 valence electrons. The molecule has 2 N–H and O–H groups in total. The Balaban J connectivity index is 2.63. The highest BCUT2D eigenvalue weighted by Crippen LogP contribution is 2.30. The van der Waals surface area contributed by atoms with Crippen molar-refractivity contribution >= 4 is 17.3 Å². The number of alkyl halides is 3. The molecule has 0 aliphatic heterocycles. The lowest BCUT2D eigenvalue weighted by molar-refractivity contribution is -0.384. The van der Waals surface area contributed by atoms with Crippen LogP contribution in [0.2, 0.25) is 0 Å². The molecule has 0 spiro atoms.